The molecule has 3 nitrogen and oxygen atoms in total. The number of ether oxygens (including phenoxy) is 1. The first-order valence-electron chi connectivity index (χ1n) is 4.89. The molecule has 0 bridgehead atoms. The Kier molecular flexibility index (Phi) is 4.84. The molecule has 1 aromatic carbocycles. The summed E-state index contributed by atoms with van der Waals surface area (Å²) in [5, 5.41) is 8.63. The van der Waals surface area contributed by atoms with Crippen LogP contribution in [0.15, 0.2) is 30.3 Å². The summed E-state index contributed by atoms with van der Waals surface area (Å²) >= 11 is 0. The molecule has 1 N–H and O–H groups in total. The molecule has 0 saturated carbocycles. The highest BCUT2D eigenvalue weighted by Crippen LogP contribution is 2.04. The number of rotatable bonds is 5. The molecule has 1 unspecified atom stereocenters. The van der Waals surface area contributed by atoms with Gasteiger partial charge in [0.1, 0.15) is 6.10 Å². The molecule has 1 radical (unpaired) electrons. The Bertz CT molecular complexity index is 295. The summed E-state index contributed by atoms with van der Waals surface area (Å²) in [5.74, 6) is -0.326. The number of hydrogen-bond acceptors (Lipinski definition) is 3. The van der Waals surface area contributed by atoms with Crippen molar-refractivity contribution >= 4 is 5.97 Å². The first-order valence-corrected chi connectivity index (χ1v) is 4.89. The molecule has 0 spiro atoms. The minimum Gasteiger partial charge on any atom is -0.460 e. The minimum absolute atomic E-state index is 0.239. The normalized spacial score (nSPS) is 12.1. The molecule has 0 aliphatic rings. The predicted octanol–water partition coefficient (Wildman–Crippen LogP) is 1.36. The highest BCUT2D eigenvalue weighted by Gasteiger charge is 2.08. The molecule has 3 heteroatoms. The van der Waals surface area contributed by atoms with Gasteiger partial charge in [-0.15, -0.1) is 0 Å². The summed E-state index contributed by atoms with van der Waals surface area (Å²) in [7, 11) is 0. The van der Waals surface area contributed by atoms with Crippen LogP contribution in [0.25, 0.3) is 0 Å². The summed E-state index contributed by atoms with van der Waals surface area (Å²) in [6, 6.07) is 9.71. The fourth-order valence-electron chi connectivity index (χ4n) is 1.17. The van der Waals surface area contributed by atoms with Crippen molar-refractivity contribution in [1.82, 2.24) is 0 Å². The minimum atomic E-state index is -0.659. The highest BCUT2D eigenvalue weighted by atomic mass is 16.5. The lowest BCUT2D eigenvalue weighted by Crippen LogP contribution is -2.18. The standard InChI is InChI=1S/C12H15O3/c1-10(9-13)15-12(14)8-7-11-5-3-2-4-6-11/h2-6,10,13H,1,7-9H2. The summed E-state index contributed by atoms with van der Waals surface area (Å²) in [6.07, 6.45) is 0.307. The van der Waals surface area contributed by atoms with Crippen LogP contribution in [0.3, 0.4) is 0 Å². The van der Waals surface area contributed by atoms with E-state index in [1.165, 1.54) is 0 Å². The van der Waals surface area contributed by atoms with Gasteiger partial charge in [0.2, 0.25) is 0 Å². The third kappa shape index (κ3) is 4.61. The zero-order chi connectivity index (χ0) is 11.1. The van der Waals surface area contributed by atoms with Gasteiger partial charge >= 0.3 is 5.97 Å². The second kappa shape index (κ2) is 6.19. The number of carbonyl (C=O) groups excluding carboxylic acids is 1. The van der Waals surface area contributed by atoms with Gasteiger partial charge in [-0.05, 0) is 18.9 Å². The van der Waals surface area contributed by atoms with Crippen LogP contribution in [-0.4, -0.2) is 23.8 Å². The lowest BCUT2D eigenvalue weighted by molar-refractivity contribution is -0.148. The second-order valence-corrected chi connectivity index (χ2v) is 3.28. The van der Waals surface area contributed by atoms with E-state index >= 15 is 0 Å². The zero-order valence-corrected chi connectivity index (χ0v) is 8.56. The summed E-state index contributed by atoms with van der Waals surface area (Å²) in [6.45, 7) is 3.22. The average molecular weight is 207 g/mol. The molecule has 1 aromatic rings. The van der Waals surface area contributed by atoms with Gasteiger partial charge in [0.25, 0.3) is 0 Å². The molecule has 0 aliphatic carbocycles. The maximum Gasteiger partial charge on any atom is 0.306 e. The lowest BCUT2D eigenvalue weighted by Gasteiger charge is -2.09. The largest absolute Gasteiger partial charge is 0.460 e. The molecule has 0 heterocycles. The van der Waals surface area contributed by atoms with Crippen LogP contribution < -0.4 is 0 Å². The summed E-state index contributed by atoms with van der Waals surface area (Å²) in [5.41, 5.74) is 1.10. The third-order valence-electron chi connectivity index (χ3n) is 1.96. The van der Waals surface area contributed by atoms with E-state index < -0.39 is 6.10 Å². The molecule has 0 aromatic heterocycles. The van der Waals surface area contributed by atoms with E-state index in [4.69, 9.17) is 9.84 Å². The molecule has 0 amide bonds. The van der Waals surface area contributed by atoms with Gasteiger partial charge < -0.3 is 9.84 Å². The SMILES string of the molecule is [CH2]C(CO)OC(=O)CCc1ccccc1. The Morgan fingerprint density at radius 3 is 2.67 bits per heavy atom. The molecule has 1 rings (SSSR count). The van der Waals surface area contributed by atoms with E-state index in [0.717, 1.165) is 5.56 Å². The highest BCUT2D eigenvalue weighted by molar-refractivity contribution is 5.70. The van der Waals surface area contributed by atoms with Crippen molar-refractivity contribution in [2.75, 3.05) is 6.61 Å². The van der Waals surface area contributed by atoms with Crippen molar-refractivity contribution in [3.8, 4) is 0 Å². The van der Waals surface area contributed by atoms with Gasteiger partial charge in [-0.3, -0.25) is 4.79 Å². The summed E-state index contributed by atoms with van der Waals surface area (Å²) in [4.78, 5) is 11.2. The lowest BCUT2D eigenvalue weighted by atomic mass is 10.1. The van der Waals surface area contributed by atoms with E-state index in [0.29, 0.717) is 12.8 Å². The smallest absolute Gasteiger partial charge is 0.306 e. The van der Waals surface area contributed by atoms with Crippen molar-refractivity contribution < 1.29 is 14.6 Å². The maximum atomic E-state index is 11.2. The molecule has 0 fully saturated rings. The van der Waals surface area contributed by atoms with Crippen molar-refractivity contribution in [1.29, 1.82) is 0 Å². The van der Waals surface area contributed by atoms with Crippen molar-refractivity contribution in [3.63, 3.8) is 0 Å². The molecular formula is C12H15O3. The van der Waals surface area contributed by atoms with Gasteiger partial charge in [-0.2, -0.15) is 0 Å². The first kappa shape index (κ1) is 11.7. The van der Waals surface area contributed by atoms with E-state index in [9.17, 15) is 4.79 Å². The second-order valence-electron chi connectivity index (χ2n) is 3.28. The fourth-order valence-corrected chi connectivity index (χ4v) is 1.17. The van der Waals surface area contributed by atoms with Crippen molar-refractivity contribution in [2.45, 2.75) is 18.9 Å². The quantitative estimate of drug-likeness (QED) is 0.741. The van der Waals surface area contributed by atoms with Crippen molar-refractivity contribution in [3.05, 3.63) is 42.8 Å². The van der Waals surface area contributed by atoms with Gasteiger partial charge in [0.15, 0.2) is 0 Å². The fraction of sp³-hybridized carbons (Fsp3) is 0.333. The Labute approximate surface area is 89.7 Å². The van der Waals surface area contributed by atoms with Crippen molar-refractivity contribution in [2.24, 2.45) is 0 Å². The molecular weight excluding hydrogens is 192 g/mol. The van der Waals surface area contributed by atoms with Crippen LogP contribution >= 0.6 is 0 Å². The van der Waals surface area contributed by atoms with Crippen LogP contribution in [0.1, 0.15) is 12.0 Å². The Hall–Kier alpha value is -1.35. The number of hydrogen-bond donors (Lipinski definition) is 1. The number of carbonyl (C=O) groups is 1. The predicted molar refractivity (Wildman–Crippen MR) is 57.1 cm³/mol. The van der Waals surface area contributed by atoms with Gasteiger partial charge in [0, 0.05) is 6.42 Å². The van der Waals surface area contributed by atoms with Crippen LogP contribution in [0.4, 0.5) is 0 Å². The third-order valence-corrected chi connectivity index (χ3v) is 1.96. The number of aryl methyl sites for hydroxylation is 1. The summed E-state index contributed by atoms with van der Waals surface area (Å²) < 4.78 is 4.82. The van der Waals surface area contributed by atoms with Gasteiger partial charge in [0.05, 0.1) is 6.61 Å². The van der Waals surface area contributed by atoms with E-state index in [2.05, 4.69) is 6.92 Å². The van der Waals surface area contributed by atoms with Crippen LogP contribution in [0.5, 0.6) is 0 Å². The topological polar surface area (TPSA) is 46.5 Å². The van der Waals surface area contributed by atoms with Crippen LogP contribution in [-0.2, 0) is 16.0 Å². The molecule has 1 atom stereocenters. The Morgan fingerprint density at radius 2 is 2.07 bits per heavy atom. The van der Waals surface area contributed by atoms with Gasteiger partial charge in [-0.25, -0.2) is 0 Å². The Morgan fingerprint density at radius 1 is 1.40 bits per heavy atom. The molecule has 0 saturated heterocycles. The average Bonchev–Trinajstić information content (AvgIpc) is 2.27. The molecule has 15 heavy (non-hydrogen) atoms. The maximum absolute atomic E-state index is 11.2. The monoisotopic (exact) mass is 207 g/mol. The number of aliphatic hydroxyl groups excluding tert-OH is 1. The number of esters is 1. The van der Waals surface area contributed by atoms with E-state index in [-0.39, 0.29) is 12.6 Å². The molecule has 81 valence electrons. The zero-order valence-electron chi connectivity index (χ0n) is 8.56. The number of aliphatic hydroxyl groups is 1. The van der Waals surface area contributed by atoms with Crippen LogP contribution in [0.2, 0.25) is 0 Å². The van der Waals surface area contributed by atoms with E-state index in [1.54, 1.807) is 0 Å². The van der Waals surface area contributed by atoms with Crippen LogP contribution in [0, 0.1) is 6.92 Å². The van der Waals surface area contributed by atoms with Gasteiger partial charge in [-0.1, -0.05) is 30.3 Å². The molecule has 0 aliphatic heterocycles. The Balaban J connectivity index is 2.29. The van der Waals surface area contributed by atoms with E-state index in [1.807, 2.05) is 30.3 Å². The first-order chi connectivity index (χ1) is 7.22. The number of benzene rings is 1.